The van der Waals surface area contributed by atoms with Gasteiger partial charge in [-0.05, 0) is 48.9 Å². The maximum absolute atomic E-state index is 13.5. The first-order chi connectivity index (χ1) is 28.6. The Morgan fingerprint density at radius 3 is 2.41 bits per heavy atom. The van der Waals surface area contributed by atoms with E-state index in [-0.39, 0.29) is 35.7 Å². The van der Waals surface area contributed by atoms with Crippen LogP contribution in [0.1, 0.15) is 48.1 Å². The molecule has 2 aliphatic rings. The van der Waals surface area contributed by atoms with Crippen LogP contribution in [-0.4, -0.2) is 93.2 Å². The van der Waals surface area contributed by atoms with Crippen molar-refractivity contribution in [3.63, 3.8) is 0 Å². The van der Waals surface area contributed by atoms with Crippen LogP contribution in [0, 0.1) is 6.92 Å². The Morgan fingerprint density at radius 2 is 1.64 bits per heavy atom. The lowest BCUT2D eigenvalue weighted by Gasteiger charge is -2.34. The van der Waals surface area contributed by atoms with Crippen LogP contribution in [0.3, 0.4) is 0 Å². The van der Waals surface area contributed by atoms with Gasteiger partial charge in [0.1, 0.15) is 35.5 Å². The van der Waals surface area contributed by atoms with Gasteiger partial charge >= 0.3 is 6.03 Å². The van der Waals surface area contributed by atoms with Gasteiger partial charge in [-0.15, -0.1) is 0 Å². The molecule has 304 valence electrons. The Kier molecular flexibility index (Phi) is 11.5. The molecule has 3 amide bonds. The summed E-state index contributed by atoms with van der Waals surface area (Å²) in [5.41, 5.74) is 4.34. The predicted octanol–water partition coefficient (Wildman–Crippen LogP) is 6.61. The number of hydrogen-bond acceptors (Lipinski definition) is 11. The van der Waals surface area contributed by atoms with Gasteiger partial charge in [0.25, 0.3) is 5.91 Å². The molecule has 0 spiro atoms. The second kappa shape index (κ2) is 17.2. The third kappa shape index (κ3) is 9.33. The molecule has 2 saturated heterocycles. The van der Waals surface area contributed by atoms with Crippen LogP contribution in [0.25, 0.3) is 16.5 Å². The van der Waals surface area contributed by atoms with Gasteiger partial charge in [0.2, 0.25) is 0 Å². The van der Waals surface area contributed by atoms with Gasteiger partial charge in [0, 0.05) is 41.5 Å². The highest BCUT2D eigenvalue weighted by Crippen LogP contribution is 2.33. The van der Waals surface area contributed by atoms with E-state index in [1.54, 1.807) is 10.9 Å². The second-order valence-electron chi connectivity index (χ2n) is 15.7. The van der Waals surface area contributed by atoms with E-state index in [2.05, 4.69) is 61.9 Å². The zero-order chi connectivity index (χ0) is 40.9. The molecular weight excluding hydrogens is 749 g/mol. The van der Waals surface area contributed by atoms with Crippen LogP contribution in [0.15, 0.2) is 97.5 Å². The Labute approximate surface area is 342 Å². The quantitative estimate of drug-likeness (QED) is 0.111. The smallest absolute Gasteiger partial charge is 0.324 e. The normalized spacial score (nSPS) is 17.1. The Bertz CT molecular complexity index is 2420. The number of nitrogens with zero attached hydrogens (tertiary/aromatic N) is 6. The minimum Gasteiger partial charge on any atom is -0.488 e. The number of ether oxygens (including phenoxy) is 3. The van der Waals surface area contributed by atoms with Gasteiger partial charge in [-0.25, -0.2) is 24.4 Å². The van der Waals surface area contributed by atoms with Crippen molar-refractivity contribution >= 4 is 45.9 Å². The molecule has 15 nitrogen and oxygen atoms in total. The average molecular weight is 797 g/mol. The zero-order valence-corrected chi connectivity index (χ0v) is 33.6. The molecule has 2 aliphatic heterocycles. The number of rotatable bonds is 11. The van der Waals surface area contributed by atoms with E-state index in [0.29, 0.717) is 55.3 Å². The number of benzene rings is 3. The Balaban J connectivity index is 0.894. The van der Waals surface area contributed by atoms with Crippen molar-refractivity contribution in [3.8, 4) is 11.4 Å². The zero-order valence-electron chi connectivity index (χ0n) is 33.6. The van der Waals surface area contributed by atoms with Gasteiger partial charge in [0.15, 0.2) is 0 Å². The molecule has 0 radical (unpaired) electrons. The first-order valence-electron chi connectivity index (χ1n) is 19.7. The third-order valence-electron chi connectivity index (χ3n) is 10.4. The number of amides is 3. The highest BCUT2D eigenvalue weighted by molar-refractivity contribution is 6.07. The monoisotopic (exact) mass is 796 g/mol. The van der Waals surface area contributed by atoms with Crippen LogP contribution in [0.2, 0.25) is 0 Å². The molecule has 15 heteroatoms. The van der Waals surface area contributed by atoms with Gasteiger partial charge in [0.05, 0.1) is 68.0 Å². The van der Waals surface area contributed by atoms with E-state index in [1.807, 2.05) is 85.8 Å². The molecule has 59 heavy (non-hydrogen) atoms. The molecule has 5 heterocycles. The summed E-state index contributed by atoms with van der Waals surface area (Å²) in [7, 11) is 0. The molecular formula is C44H48N10O5. The molecule has 0 unspecified atom stereocenters. The fraction of sp³-hybridized carbons (Fsp3) is 0.318. The number of aryl methyl sites for hydroxylation is 1. The summed E-state index contributed by atoms with van der Waals surface area (Å²) in [6, 6.07) is 24.7. The molecule has 2 fully saturated rings. The lowest BCUT2D eigenvalue weighted by Crippen LogP contribution is -2.54. The third-order valence-corrected chi connectivity index (χ3v) is 10.4. The molecule has 2 atom stereocenters. The molecule has 0 bridgehead atoms. The predicted molar refractivity (Wildman–Crippen MR) is 226 cm³/mol. The minimum atomic E-state index is -0.395. The van der Waals surface area contributed by atoms with E-state index >= 15 is 0 Å². The summed E-state index contributed by atoms with van der Waals surface area (Å²) in [6.07, 6.45) is 4.64. The van der Waals surface area contributed by atoms with E-state index in [4.69, 9.17) is 19.3 Å². The SMILES string of the molecule is Cc1ccc(-n2nc(C(C)(C)C)cc2NC(=O)Nc2ccc(OCc3ccnc(Nc4cnc(C(=O)N[C@H]5COC[C@@H]5N5CCOCC5)cn4)c3)c3ccccc23)cc1. The van der Waals surface area contributed by atoms with Crippen molar-refractivity contribution in [3.05, 3.63) is 120 Å². The summed E-state index contributed by atoms with van der Waals surface area (Å²) in [4.78, 5) is 42.1. The van der Waals surface area contributed by atoms with Gasteiger partial charge in [-0.1, -0.05) is 62.7 Å². The standard InChI is InChI=1S/C44H48N10O5/c1-28-9-11-30(12-10-28)54-41(22-38(52-54)44(2,3)4)51-43(56)49-33-13-14-37(32-8-6-5-7-31(32)33)59-25-29-15-16-45-39(21-29)50-40-24-46-34(23-47-40)42(55)48-35-26-58-27-36(35)53-17-19-57-20-18-53/h5-16,21-24,35-36H,17-20,25-27H2,1-4H3,(H,48,55)(H,45,47,50)(H2,49,51,56)/t35-,36-/m0/s1. The summed E-state index contributed by atoms with van der Waals surface area (Å²) in [5.74, 6) is 1.90. The minimum absolute atomic E-state index is 0.0999. The number of urea groups is 1. The fourth-order valence-electron chi connectivity index (χ4n) is 7.12. The highest BCUT2D eigenvalue weighted by Gasteiger charge is 2.35. The Morgan fingerprint density at radius 1 is 0.847 bits per heavy atom. The lowest BCUT2D eigenvalue weighted by atomic mass is 9.92. The van der Waals surface area contributed by atoms with E-state index in [1.165, 1.54) is 12.4 Å². The molecule has 0 saturated carbocycles. The molecule has 3 aromatic heterocycles. The number of carbonyl (C=O) groups excluding carboxylic acids is 2. The van der Waals surface area contributed by atoms with Crippen LogP contribution < -0.4 is 26.0 Å². The second-order valence-corrected chi connectivity index (χ2v) is 15.7. The number of morpholine rings is 1. The molecule has 6 aromatic rings. The maximum atomic E-state index is 13.5. The van der Waals surface area contributed by atoms with Crippen molar-refractivity contribution < 1.29 is 23.8 Å². The van der Waals surface area contributed by atoms with Crippen LogP contribution >= 0.6 is 0 Å². The van der Waals surface area contributed by atoms with Gasteiger partial charge < -0.3 is 30.2 Å². The highest BCUT2D eigenvalue weighted by atomic mass is 16.5. The van der Waals surface area contributed by atoms with Crippen molar-refractivity contribution in [2.45, 2.75) is 51.8 Å². The summed E-state index contributed by atoms with van der Waals surface area (Å²) in [6.45, 7) is 12.6. The number of aromatic nitrogens is 5. The number of pyridine rings is 1. The first kappa shape index (κ1) is 39.4. The van der Waals surface area contributed by atoms with Gasteiger partial charge in [-0.2, -0.15) is 5.10 Å². The Hall–Kier alpha value is -6.42. The van der Waals surface area contributed by atoms with E-state index < -0.39 is 6.03 Å². The topological polar surface area (TPSA) is 170 Å². The number of hydrogen-bond donors (Lipinski definition) is 4. The molecule has 3 aromatic carbocycles. The fourth-order valence-corrected chi connectivity index (χ4v) is 7.12. The first-order valence-corrected chi connectivity index (χ1v) is 19.7. The van der Waals surface area contributed by atoms with Crippen molar-refractivity contribution in [2.24, 2.45) is 0 Å². The maximum Gasteiger partial charge on any atom is 0.324 e. The largest absolute Gasteiger partial charge is 0.488 e. The van der Waals surface area contributed by atoms with Crippen molar-refractivity contribution in [1.29, 1.82) is 0 Å². The molecule has 8 rings (SSSR count). The summed E-state index contributed by atoms with van der Waals surface area (Å²) < 4.78 is 19.3. The van der Waals surface area contributed by atoms with Crippen LogP contribution in [0.5, 0.6) is 5.75 Å². The summed E-state index contributed by atoms with van der Waals surface area (Å²) in [5, 5.41) is 18.8. The van der Waals surface area contributed by atoms with Crippen molar-refractivity contribution in [2.75, 3.05) is 55.5 Å². The number of nitrogens with one attached hydrogen (secondary N) is 4. The number of anilines is 4. The van der Waals surface area contributed by atoms with Crippen LogP contribution in [-0.2, 0) is 21.5 Å². The van der Waals surface area contributed by atoms with E-state index in [0.717, 1.165) is 46.4 Å². The number of carbonyl (C=O) groups is 2. The van der Waals surface area contributed by atoms with Crippen LogP contribution in [0.4, 0.5) is 27.9 Å². The molecule has 0 aliphatic carbocycles. The van der Waals surface area contributed by atoms with Gasteiger partial charge in [-0.3, -0.25) is 15.0 Å². The average Bonchev–Trinajstić information content (AvgIpc) is 3.89. The lowest BCUT2D eigenvalue weighted by molar-refractivity contribution is 0.0108. The van der Waals surface area contributed by atoms with E-state index in [9.17, 15) is 9.59 Å². The van der Waals surface area contributed by atoms with Crippen molar-refractivity contribution in [1.82, 2.24) is 34.9 Å². The number of fused-ring (bicyclic) bond motifs is 1. The molecule has 4 N–H and O–H groups in total. The summed E-state index contributed by atoms with van der Waals surface area (Å²) >= 11 is 0.